The molecule has 4 nitrogen and oxygen atoms in total. The predicted octanol–water partition coefficient (Wildman–Crippen LogP) is 2.48. The predicted molar refractivity (Wildman–Crippen MR) is 81.7 cm³/mol. The Morgan fingerprint density at radius 2 is 1.76 bits per heavy atom. The van der Waals surface area contributed by atoms with E-state index in [9.17, 15) is 9.59 Å². The van der Waals surface area contributed by atoms with E-state index in [4.69, 9.17) is 0 Å². The second-order valence-corrected chi connectivity index (χ2v) is 7.26. The lowest BCUT2D eigenvalue weighted by molar-refractivity contribution is -0.139. The molecule has 21 heavy (non-hydrogen) atoms. The standard InChI is InChI=1S/C17H28N2O2/c20-15-6-7-17(8-11-18-15)9-12-19(13-10-17)16(21)14-4-2-1-3-5-14/h14H,1-13H2,(H,18,20). The number of likely N-dealkylation sites (tertiary alicyclic amines) is 1. The Hall–Kier alpha value is -1.06. The maximum absolute atomic E-state index is 12.6. The first-order valence-electron chi connectivity index (χ1n) is 8.74. The third kappa shape index (κ3) is 3.41. The fourth-order valence-electron chi connectivity index (χ4n) is 4.37. The molecule has 1 N–H and O–H groups in total. The zero-order chi connectivity index (χ0) is 14.7. The molecule has 1 aliphatic carbocycles. The van der Waals surface area contributed by atoms with Gasteiger partial charge in [-0.15, -0.1) is 0 Å². The minimum Gasteiger partial charge on any atom is -0.356 e. The summed E-state index contributed by atoms with van der Waals surface area (Å²) in [6.45, 7) is 2.63. The van der Waals surface area contributed by atoms with Crippen molar-refractivity contribution in [2.75, 3.05) is 19.6 Å². The molecule has 2 saturated heterocycles. The van der Waals surface area contributed by atoms with Gasteiger partial charge < -0.3 is 10.2 Å². The molecule has 118 valence electrons. The van der Waals surface area contributed by atoms with Crippen LogP contribution in [0.5, 0.6) is 0 Å². The highest BCUT2D eigenvalue weighted by Gasteiger charge is 2.38. The zero-order valence-corrected chi connectivity index (χ0v) is 13.0. The van der Waals surface area contributed by atoms with Crippen LogP contribution in [0.25, 0.3) is 0 Å². The number of nitrogens with zero attached hydrogens (tertiary/aromatic N) is 1. The molecule has 1 spiro atoms. The van der Waals surface area contributed by atoms with Crippen molar-refractivity contribution < 1.29 is 9.59 Å². The summed E-state index contributed by atoms with van der Waals surface area (Å²) in [6.07, 6.45) is 10.9. The van der Waals surface area contributed by atoms with E-state index < -0.39 is 0 Å². The molecule has 2 heterocycles. The van der Waals surface area contributed by atoms with E-state index in [-0.39, 0.29) is 5.91 Å². The maximum atomic E-state index is 12.6. The van der Waals surface area contributed by atoms with Gasteiger partial charge in [-0.1, -0.05) is 19.3 Å². The van der Waals surface area contributed by atoms with Crippen LogP contribution in [-0.4, -0.2) is 36.3 Å². The number of carbonyl (C=O) groups is 2. The quantitative estimate of drug-likeness (QED) is 0.807. The number of amides is 2. The molecule has 0 aromatic rings. The lowest BCUT2D eigenvalue weighted by Crippen LogP contribution is -2.46. The number of nitrogens with one attached hydrogen (secondary N) is 1. The van der Waals surface area contributed by atoms with E-state index in [0.29, 0.717) is 23.7 Å². The maximum Gasteiger partial charge on any atom is 0.225 e. The highest BCUT2D eigenvalue weighted by atomic mass is 16.2. The topological polar surface area (TPSA) is 49.4 Å². The summed E-state index contributed by atoms with van der Waals surface area (Å²) in [5.41, 5.74) is 0.308. The summed E-state index contributed by atoms with van der Waals surface area (Å²) in [7, 11) is 0. The van der Waals surface area contributed by atoms with Gasteiger partial charge in [0.05, 0.1) is 0 Å². The van der Waals surface area contributed by atoms with Gasteiger partial charge in [-0.2, -0.15) is 0 Å². The number of carbonyl (C=O) groups excluding carboxylic acids is 2. The van der Waals surface area contributed by atoms with E-state index in [0.717, 1.165) is 58.2 Å². The van der Waals surface area contributed by atoms with Crippen molar-refractivity contribution in [1.82, 2.24) is 10.2 Å². The van der Waals surface area contributed by atoms with Crippen molar-refractivity contribution in [3.63, 3.8) is 0 Å². The normalized spacial score (nSPS) is 27.2. The average Bonchev–Trinajstić information content (AvgIpc) is 2.71. The van der Waals surface area contributed by atoms with E-state index in [1.165, 1.54) is 19.3 Å². The third-order valence-corrected chi connectivity index (χ3v) is 5.95. The Bertz CT molecular complexity index is 394. The number of hydrogen-bond donors (Lipinski definition) is 1. The summed E-state index contributed by atoms with van der Waals surface area (Å²) in [5.74, 6) is 0.908. The minimum absolute atomic E-state index is 0.201. The molecule has 3 rings (SSSR count). The SMILES string of the molecule is O=C1CCC2(CCN1)CCN(C(=O)C1CCCCC1)CC2. The van der Waals surface area contributed by atoms with Gasteiger partial charge in [0.2, 0.25) is 11.8 Å². The monoisotopic (exact) mass is 292 g/mol. The molecule has 3 aliphatic rings. The van der Waals surface area contributed by atoms with Crippen LogP contribution < -0.4 is 5.32 Å². The van der Waals surface area contributed by atoms with Gasteiger partial charge in [-0.05, 0) is 43.9 Å². The second kappa shape index (κ2) is 6.37. The Labute approximate surface area is 127 Å². The molecule has 0 aromatic heterocycles. The fourth-order valence-corrected chi connectivity index (χ4v) is 4.37. The highest BCUT2D eigenvalue weighted by molar-refractivity contribution is 5.79. The largest absolute Gasteiger partial charge is 0.356 e. The van der Waals surface area contributed by atoms with Crippen LogP contribution in [-0.2, 0) is 9.59 Å². The van der Waals surface area contributed by atoms with Crippen LogP contribution in [0, 0.1) is 11.3 Å². The number of piperidine rings is 1. The molecular formula is C17H28N2O2. The van der Waals surface area contributed by atoms with Crippen molar-refractivity contribution in [3.05, 3.63) is 0 Å². The second-order valence-electron chi connectivity index (χ2n) is 7.26. The van der Waals surface area contributed by atoms with Crippen molar-refractivity contribution in [3.8, 4) is 0 Å². The molecular weight excluding hydrogens is 264 g/mol. The zero-order valence-electron chi connectivity index (χ0n) is 13.0. The van der Waals surface area contributed by atoms with Crippen molar-refractivity contribution >= 4 is 11.8 Å². The molecule has 0 radical (unpaired) electrons. The van der Waals surface area contributed by atoms with E-state index in [1.807, 2.05) is 0 Å². The molecule has 0 aromatic carbocycles. The van der Waals surface area contributed by atoms with Gasteiger partial charge >= 0.3 is 0 Å². The van der Waals surface area contributed by atoms with E-state index >= 15 is 0 Å². The van der Waals surface area contributed by atoms with Gasteiger partial charge in [0.15, 0.2) is 0 Å². The lowest BCUT2D eigenvalue weighted by atomic mass is 9.72. The van der Waals surface area contributed by atoms with Crippen LogP contribution in [0.2, 0.25) is 0 Å². The van der Waals surface area contributed by atoms with Crippen LogP contribution in [0.4, 0.5) is 0 Å². The lowest BCUT2D eigenvalue weighted by Gasteiger charge is -2.42. The van der Waals surface area contributed by atoms with Gasteiger partial charge in [0.1, 0.15) is 0 Å². The van der Waals surface area contributed by atoms with Crippen molar-refractivity contribution in [2.45, 2.75) is 64.2 Å². The molecule has 0 bridgehead atoms. The van der Waals surface area contributed by atoms with Gasteiger partial charge in [-0.3, -0.25) is 9.59 Å². The van der Waals surface area contributed by atoms with Gasteiger partial charge in [-0.25, -0.2) is 0 Å². The number of rotatable bonds is 1. The van der Waals surface area contributed by atoms with Crippen molar-refractivity contribution in [1.29, 1.82) is 0 Å². The van der Waals surface area contributed by atoms with E-state index in [1.54, 1.807) is 0 Å². The minimum atomic E-state index is 0.201. The smallest absolute Gasteiger partial charge is 0.225 e. The Balaban J connectivity index is 1.54. The van der Waals surface area contributed by atoms with Gasteiger partial charge in [0.25, 0.3) is 0 Å². The summed E-state index contributed by atoms with van der Waals surface area (Å²) >= 11 is 0. The first-order valence-corrected chi connectivity index (χ1v) is 8.74. The van der Waals surface area contributed by atoms with Crippen molar-refractivity contribution in [2.24, 2.45) is 11.3 Å². The average molecular weight is 292 g/mol. The van der Waals surface area contributed by atoms with Gasteiger partial charge in [0, 0.05) is 32.0 Å². The Morgan fingerprint density at radius 1 is 1.05 bits per heavy atom. The summed E-state index contributed by atoms with van der Waals surface area (Å²) in [5, 5.41) is 2.98. The first-order chi connectivity index (χ1) is 10.2. The Kier molecular flexibility index (Phi) is 4.51. The molecule has 2 aliphatic heterocycles. The van der Waals surface area contributed by atoms with Crippen LogP contribution in [0.3, 0.4) is 0 Å². The van der Waals surface area contributed by atoms with Crippen LogP contribution in [0.1, 0.15) is 64.2 Å². The molecule has 1 saturated carbocycles. The summed E-state index contributed by atoms with van der Waals surface area (Å²) in [6, 6.07) is 0. The molecule has 0 unspecified atom stereocenters. The first kappa shape index (κ1) is 14.9. The number of hydrogen-bond acceptors (Lipinski definition) is 2. The van der Waals surface area contributed by atoms with Crippen LogP contribution in [0.15, 0.2) is 0 Å². The van der Waals surface area contributed by atoms with E-state index in [2.05, 4.69) is 10.2 Å². The Morgan fingerprint density at radius 3 is 2.48 bits per heavy atom. The molecule has 2 amide bonds. The molecule has 3 fully saturated rings. The summed E-state index contributed by atoms with van der Waals surface area (Å²) < 4.78 is 0. The fraction of sp³-hybridized carbons (Fsp3) is 0.882. The molecule has 0 atom stereocenters. The third-order valence-electron chi connectivity index (χ3n) is 5.95. The highest BCUT2D eigenvalue weighted by Crippen LogP contribution is 2.41. The molecule has 4 heteroatoms. The summed E-state index contributed by atoms with van der Waals surface area (Å²) in [4.78, 5) is 26.2. The van der Waals surface area contributed by atoms with Crippen LogP contribution >= 0.6 is 0 Å².